The van der Waals surface area contributed by atoms with Gasteiger partial charge in [0.05, 0.1) is 0 Å². The van der Waals surface area contributed by atoms with Crippen LogP contribution in [0.2, 0.25) is 0 Å². The predicted octanol–water partition coefficient (Wildman–Crippen LogP) is 7.41. The molecule has 0 aliphatic carbocycles. The first kappa shape index (κ1) is 24.4. The first-order chi connectivity index (χ1) is 18.0. The average Bonchev–Trinajstić information content (AvgIpc) is 2.90. The third kappa shape index (κ3) is 5.75. The molecule has 0 aliphatic rings. The molecule has 0 saturated heterocycles. The summed E-state index contributed by atoms with van der Waals surface area (Å²) < 4.78 is 10.8. The molecule has 37 heavy (non-hydrogen) atoms. The second-order valence-corrected chi connectivity index (χ2v) is 8.87. The second-order valence-electron chi connectivity index (χ2n) is 8.87. The summed E-state index contributed by atoms with van der Waals surface area (Å²) in [5, 5.41) is 21.3. The van der Waals surface area contributed by atoms with Crippen LogP contribution in [-0.4, -0.2) is 22.8 Å². The topological polar surface area (TPSA) is 62.2 Å². The highest BCUT2D eigenvalue weighted by atomic mass is 16.6. The van der Waals surface area contributed by atoms with Gasteiger partial charge in [-0.15, -0.1) is 0 Å². The third-order valence-corrected chi connectivity index (χ3v) is 6.01. The van der Waals surface area contributed by atoms with E-state index in [4.69, 9.17) is 9.47 Å². The van der Waals surface area contributed by atoms with Crippen molar-refractivity contribution in [2.45, 2.75) is 26.4 Å². The number of aliphatic hydroxyl groups excluding tert-OH is 2. The van der Waals surface area contributed by atoms with Gasteiger partial charge in [0.2, 0.25) is 0 Å². The molecule has 0 spiro atoms. The minimum atomic E-state index is -0.873. The Labute approximate surface area is 216 Å². The fourth-order valence-corrected chi connectivity index (χ4v) is 4.36. The number of hydrogen-bond acceptors (Lipinski definition) is 5. The molecule has 0 bridgehead atoms. The highest BCUT2D eigenvalue weighted by molar-refractivity contribution is 5.89. The number of aliphatic hydroxyl groups is 2. The lowest BCUT2D eigenvalue weighted by Gasteiger charge is -2.26. The number of anilines is 3. The molecule has 5 rings (SSSR count). The normalized spacial score (nSPS) is 12.6. The van der Waals surface area contributed by atoms with Crippen LogP contribution < -0.4 is 14.4 Å². The highest BCUT2D eigenvalue weighted by Crippen LogP contribution is 2.37. The number of nitrogens with zero attached hydrogens (tertiary/aromatic N) is 1. The van der Waals surface area contributed by atoms with Crippen LogP contribution in [0.25, 0.3) is 21.9 Å². The molecule has 186 valence electrons. The van der Waals surface area contributed by atoms with Crippen LogP contribution in [0.1, 0.15) is 13.8 Å². The van der Waals surface area contributed by atoms with Crippen molar-refractivity contribution in [1.82, 2.24) is 0 Å². The Bertz CT molecular complexity index is 1460. The van der Waals surface area contributed by atoms with Gasteiger partial charge in [0.1, 0.15) is 11.5 Å². The highest BCUT2D eigenvalue weighted by Gasteiger charge is 2.14. The summed E-state index contributed by atoms with van der Waals surface area (Å²) in [6, 6.07) is 38.5. The standard InChI is InChI=1S/C32H29NO4/c1-22(34)36-31-17-10-26(11-18-31)25-7-12-28(13-8-25)33(29-15-19-32(20-16-29)37-23(2)35)30-14-9-24-5-3-4-6-27(24)21-30/h3-23,34-35H,1-2H3. The minimum absolute atomic E-state index is 0.607. The van der Waals surface area contributed by atoms with Crippen LogP contribution in [0.5, 0.6) is 11.5 Å². The lowest BCUT2D eigenvalue weighted by Crippen LogP contribution is -2.11. The lowest BCUT2D eigenvalue weighted by atomic mass is 10.0. The second kappa shape index (κ2) is 10.7. The summed E-state index contributed by atoms with van der Waals surface area (Å²) in [7, 11) is 0. The molecule has 0 amide bonds. The van der Waals surface area contributed by atoms with Crippen molar-refractivity contribution in [1.29, 1.82) is 0 Å². The Morgan fingerprint density at radius 2 is 0.946 bits per heavy atom. The summed E-state index contributed by atoms with van der Waals surface area (Å²) in [5.41, 5.74) is 5.15. The molecule has 5 aromatic rings. The molecule has 5 nitrogen and oxygen atoms in total. The zero-order valence-corrected chi connectivity index (χ0v) is 20.8. The zero-order valence-electron chi connectivity index (χ0n) is 20.8. The molecule has 5 aromatic carbocycles. The van der Waals surface area contributed by atoms with Gasteiger partial charge in [-0.2, -0.15) is 0 Å². The molecule has 5 heteroatoms. The van der Waals surface area contributed by atoms with Crippen molar-refractivity contribution in [2.24, 2.45) is 0 Å². The van der Waals surface area contributed by atoms with Gasteiger partial charge in [-0.25, -0.2) is 0 Å². The average molecular weight is 492 g/mol. The van der Waals surface area contributed by atoms with Gasteiger partial charge in [0.15, 0.2) is 12.6 Å². The van der Waals surface area contributed by atoms with E-state index in [0.717, 1.165) is 33.6 Å². The van der Waals surface area contributed by atoms with E-state index < -0.39 is 12.6 Å². The molecular weight excluding hydrogens is 462 g/mol. The smallest absolute Gasteiger partial charge is 0.194 e. The third-order valence-electron chi connectivity index (χ3n) is 6.01. The summed E-state index contributed by atoms with van der Waals surface area (Å²) in [5.74, 6) is 1.23. The largest absolute Gasteiger partial charge is 0.465 e. The van der Waals surface area contributed by atoms with Crippen molar-refractivity contribution in [3.8, 4) is 22.6 Å². The molecule has 0 aliphatic heterocycles. The summed E-state index contributed by atoms with van der Waals surface area (Å²) >= 11 is 0. The van der Waals surface area contributed by atoms with Gasteiger partial charge in [0.25, 0.3) is 0 Å². The lowest BCUT2D eigenvalue weighted by molar-refractivity contribution is -0.000869. The Hall–Kier alpha value is -4.32. The van der Waals surface area contributed by atoms with E-state index in [-0.39, 0.29) is 0 Å². The van der Waals surface area contributed by atoms with Crippen LogP contribution in [0.15, 0.2) is 115 Å². The van der Waals surface area contributed by atoms with E-state index in [1.54, 1.807) is 13.8 Å². The number of hydrogen-bond donors (Lipinski definition) is 2. The maximum Gasteiger partial charge on any atom is 0.194 e. The molecule has 0 saturated carbocycles. The first-order valence-corrected chi connectivity index (χ1v) is 12.3. The number of rotatable bonds is 8. The quantitative estimate of drug-likeness (QED) is 0.221. The molecule has 0 radical (unpaired) electrons. The van der Waals surface area contributed by atoms with Crippen LogP contribution in [-0.2, 0) is 0 Å². The molecule has 0 heterocycles. The van der Waals surface area contributed by atoms with E-state index in [2.05, 4.69) is 59.5 Å². The van der Waals surface area contributed by atoms with Gasteiger partial charge < -0.3 is 24.6 Å². The van der Waals surface area contributed by atoms with Gasteiger partial charge >= 0.3 is 0 Å². The predicted molar refractivity (Wildman–Crippen MR) is 149 cm³/mol. The molecule has 2 atom stereocenters. The van der Waals surface area contributed by atoms with Crippen molar-refractivity contribution < 1.29 is 19.7 Å². The molecule has 2 N–H and O–H groups in total. The van der Waals surface area contributed by atoms with Crippen molar-refractivity contribution >= 4 is 27.8 Å². The monoisotopic (exact) mass is 491 g/mol. The summed E-state index contributed by atoms with van der Waals surface area (Å²) in [4.78, 5) is 2.20. The van der Waals surface area contributed by atoms with E-state index in [1.165, 1.54) is 5.39 Å². The summed E-state index contributed by atoms with van der Waals surface area (Å²) in [6.45, 7) is 3.17. The van der Waals surface area contributed by atoms with Crippen LogP contribution in [0.4, 0.5) is 17.1 Å². The van der Waals surface area contributed by atoms with E-state index in [1.807, 2.05) is 60.7 Å². The van der Waals surface area contributed by atoms with Crippen LogP contribution in [0, 0.1) is 0 Å². The Balaban J connectivity index is 1.50. The van der Waals surface area contributed by atoms with E-state index >= 15 is 0 Å². The van der Waals surface area contributed by atoms with Crippen LogP contribution in [0.3, 0.4) is 0 Å². The Morgan fingerprint density at radius 3 is 1.49 bits per heavy atom. The maximum absolute atomic E-state index is 9.56. The number of fused-ring (bicyclic) bond motifs is 1. The fraction of sp³-hybridized carbons (Fsp3) is 0.125. The first-order valence-electron chi connectivity index (χ1n) is 12.3. The van der Waals surface area contributed by atoms with Crippen molar-refractivity contribution in [3.63, 3.8) is 0 Å². The number of benzene rings is 5. The fourth-order valence-electron chi connectivity index (χ4n) is 4.36. The Kier molecular flexibility index (Phi) is 7.08. The minimum Gasteiger partial charge on any atom is -0.465 e. The van der Waals surface area contributed by atoms with Gasteiger partial charge in [0, 0.05) is 17.1 Å². The molecule has 0 fully saturated rings. The van der Waals surface area contributed by atoms with Gasteiger partial charge in [-0.05, 0) is 96.4 Å². The SMILES string of the molecule is CC(O)Oc1ccc(-c2ccc(N(c3ccc(OC(C)O)cc3)c3ccc4ccccc4c3)cc2)cc1. The van der Waals surface area contributed by atoms with E-state index in [0.29, 0.717) is 11.5 Å². The zero-order chi connectivity index (χ0) is 25.8. The summed E-state index contributed by atoms with van der Waals surface area (Å²) in [6.07, 6.45) is -1.72. The van der Waals surface area contributed by atoms with Crippen molar-refractivity contribution in [3.05, 3.63) is 115 Å². The number of ether oxygens (including phenoxy) is 2. The Morgan fingerprint density at radius 1 is 0.514 bits per heavy atom. The molecule has 0 aromatic heterocycles. The van der Waals surface area contributed by atoms with Gasteiger partial charge in [-0.1, -0.05) is 54.6 Å². The molecule has 2 unspecified atom stereocenters. The molecular formula is C32H29NO4. The van der Waals surface area contributed by atoms with Gasteiger partial charge in [-0.3, -0.25) is 0 Å². The maximum atomic E-state index is 9.56. The van der Waals surface area contributed by atoms with Crippen LogP contribution >= 0.6 is 0 Å². The van der Waals surface area contributed by atoms with E-state index in [9.17, 15) is 10.2 Å². The van der Waals surface area contributed by atoms with Crippen molar-refractivity contribution in [2.75, 3.05) is 4.90 Å².